The molecule has 0 saturated carbocycles. The van der Waals surface area contributed by atoms with Crippen LogP contribution in [0, 0.1) is 0 Å². The van der Waals surface area contributed by atoms with Gasteiger partial charge in [0.15, 0.2) is 0 Å². The van der Waals surface area contributed by atoms with Gasteiger partial charge in [-0.1, -0.05) is 42.5 Å². The van der Waals surface area contributed by atoms with Gasteiger partial charge in [-0.15, -0.1) is 11.8 Å². The first kappa shape index (κ1) is 17.5. The van der Waals surface area contributed by atoms with Crippen LogP contribution in [-0.4, -0.2) is 40.2 Å². The lowest BCUT2D eigenvalue weighted by molar-refractivity contribution is -0.136. The minimum atomic E-state index is -0.877. The van der Waals surface area contributed by atoms with Gasteiger partial charge in [-0.05, 0) is 31.0 Å². The van der Waals surface area contributed by atoms with Crippen molar-refractivity contribution in [1.29, 1.82) is 0 Å². The Hall–Kier alpha value is -2.27. The molecule has 1 aliphatic rings. The zero-order valence-corrected chi connectivity index (χ0v) is 14.9. The van der Waals surface area contributed by atoms with E-state index >= 15 is 0 Å². The maximum absolute atomic E-state index is 13.0. The summed E-state index contributed by atoms with van der Waals surface area (Å²) >= 11 is 1.22. The van der Waals surface area contributed by atoms with Gasteiger partial charge < -0.3 is 10.0 Å². The summed E-state index contributed by atoms with van der Waals surface area (Å²) < 4.78 is 0. The van der Waals surface area contributed by atoms with Crippen LogP contribution in [0.4, 0.5) is 0 Å². The maximum Gasteiger partial charge on any atom is 0.316 e. The van der Waals surface area contributed by atoms with Gasteiger partial charge in [0.2, 0.25) is 0 Å². The molecule has 25 heavy (non-hydrogen) atoms. The molecule has 0 aliphatic carbocycles. The first-order valence-electron chi connectivity index (χ1n) is 8.39. The SMILES string of the molecule is CC(Sc1ccccc1C(=O)N1CCC(c2ccccc2)C1)C(=O)O. The number of benzene rings is 2. The summed E-state index contributed by atoms with van der Waals surface area (Å²) in [5, 5.41) is 8.54. The first-order chi connectivity index (χ1) is 12.1. The van der Waals surface area contributed by atoms with E-state index in [4.69, 9.17) is 5.11 Å². The maximum atomic E-state index is 13.0. The Bertz CT molecular complexity index is 763. The van der Waals surface area contributed by atoms with Gasteiger partial charge in [-0.25, -0.2) is 0 Å². The molecule has 1 fully saturated rings. The van der Waals surface area contributed by atoms with Crippen LogP contribution in [0.5, 0.6) is 0 Å². The molecule has 1 aliphatic heterocycles. The van der Waals surface area contributed by atoms with Crippen LogP contribution in [0.15, 0.2) is 59.5 Å². The van der Waals surface area contributed by atoms with Crippen molar-refractivity contribution in [2.45, 2.75) is 29.4 Å². The number of amides is 1. The van der Waals surface area contributed by atoms with E-state index in [1.807, 2.05) is 41.3 Å². The van der Waals surface area contributed by atoms with Crippen LogP contribution in [0.3, 0.4) is 0 Å². The Labute approximate surface area is 151 Å². The van der Waals surface area contributed by atoms with Crippen LogP contribution in [0.25, 0.3) is 0 Å². The molecule has 4 nitrogen and oxygen atoms in total. The number of aliphatic carboxylic acids is 1. The molecule has 0 bridgehead atoms. The molecule has 2 aromatic carbocycles. The van der Waals surface area contributed by atoms with Crippen molar-refractivity contribution in [3.63, 3.8) is 0 Å². The Kier molecular flexibility index (Phi) is 5.43. The third-order valence-electron chi connectivity index (χ3n) is 4.52. The lowest BCUT2D eigenvalue weighted by Gasteiger charge is -2.19. The van der Waals surface area contributed by atoms with Crippen molar-refractivity contribution < 1.29 is 14.7 Å². The fraction of sp³-hybridized carbons (Fsp3) is 0.300. The zero-order valence-electron chi connectivity index (χ0n) is 14.1. The number of carbonyl (C=O) groups excluding carboxylic acids is 1. The number of rotatable bonds is 5. The van der Waals surface area contributed by atoms with E-state index < -0.39 is 11.2 Å². The number of carbonyl (C=O) groups is 2. The lowest BCUT2D eigenvalue weighted by Crippen LogP contribution is -2.29. The molecule has 1 saturated heterocycles. The average Bonchev–Trinajstić information content (AvgIpc) is 3.12. The second-order valence-corrected chi connectivity index (χ2v) is 7.62. The van der Waals surface area contributed by atoms with Crippen LogP contribution in [0.2, 0.25) is 0 Å². The highest BCUT2D eigenvalue weighted by molar-refractivity contribution is 8.00. The van der Waals surface area contributed by atoms with E-state index in [1.165, 1.54) is 17.3 Å². The molecule has 1 heterocycles. The molecule has 0 aromatic heterocycles. The molecular formula is C20H21NO3S. The second-order valence-electron chi connectivity index (χ2n) is 6.24. The molecule has 5 heteroatoms. The summed E-state index contributed by atoms with van der Waals surface area (Å²) in [6.07, 6.45) is 0.955. The van der Waals surface area contributed by atoms with Crippen LogP contribution in [0.1, 0.15) is 35.2 Å². The molecule has 2 aromatic rings. The van der Waals surface area contributed by atoms with Gasteiger partial charge in [0.25, 0.3) is 5.91 Å². The molecule has 2 atom stereocenters. The van der Waals surface area contributed by atoms with E-state index in [0.717, 1.165) is 17.9 Å². The minimum Gasteiger partial charge on any atom is -0.480 e. The average molecular weight is 355 g/mol. The molecule has 2 unspecified atom stereocenters. The highest BCUT2D eigenvalue weighted by atomic mass is 32.2. The monoisotopic (exact) mass is 355 g/mol. The molecule has 3 rings (SSSR count). The van der Waals surface area contributed by atoms with E-state index in [0.29, 0.717) is 18.0 Å². The largest absolute Gasteiger partial charge is 0.480 e. The van der Waals surface area contributed by atoms with Gasteiger partial charge >= 0.3 is 5.97 Å². The zero-order chi connectivity index (χ0) is 17.8. The molecule has 0 spiro atoms. The number of carboxylic acid groups (broad SMARTS) is 1. The van der Waals surface area contributed by atoms with Crippen molar-refractivity contribution in [2.24, 2.45) is 0 Å². The first-order valence-corrected chi connectivity index (χ1v) is 9.27. The van der Waals surface area contributed by atoms with Crippen molar-refractivity contribution in [2.75, 3.05) is 13.1 Å². The summed E-state index contributed by atoms with van der Waals surface area (Å²) in [6.45, 7) is 3.07. The molecule has 1 amide bonds. The van der Waals surface area contributed by atoms with Gasteiger partial charge in [-0.2, -0.15) is 0 Å². The van der Waals surface area contributed by atoms with E-state index in [1.54, 1.807) is 13.0 Å². The predicted octanol–water partition coefficient (Wildman–Crippen LogP) is 3.88. The van der Waals surface area contributed by atoms with Crippen LogP contribution >= 0.6 is 11.8 Å². The molecule has 130 valence electrons. The number of nitrogens with zero attached hydrogens (tertiary/aromatic N) is 1. The third-order valence-corrected chi connectivity index (χ3v) is 5.68. The Balaban J connectivity index is 1.75. The van der Waals surface area contributed by atoms with Crippen LogP contribution < -0.4 is 0 Å². The van der Waals surface area contributed by atoms with Crippen LogP contribution in [-0.2, 0) is 4.79 Å². The van der Waals surface area contributed by atoms with E-state index in [2.05, 4.69) is 12.1 Å². The fourth-order valence-electron chi connectivity index (χ4n) is 3.10. The van der Waals surface area contributed by atoms with Gasteiger partial charge in [0.05, 0.1) is 5.56 Å². The van der Waals surface area contributed by atoms with Crippen molar-refractivity contribution in [1.82, 2.24) is 4.90 Å². The number of thioether (sulfide) groups is 1. The minimum absolute atomic E-state index is 0.0147. The predicted molar refractivity (Wildman–Crippen MR) is 99.1 cm³/mol. The third kappa shape index (κ3) is 4.04. The molecule has 1 N–H and O–H groups in total. The standard InChI is InChI=1S/C20H21NO3S/c1-14(20(23)24)25-18-10-6-5-9-17(18)19(22)21-12-11-16(13-21)15-7-3-2-4-8-15/h2-10,14,16H,11-13H2,1H3,(H,23,24). The summed E-state index contributed by atoms with van der Waals surface area (Å²) in [4.78, 5) is 26.7. The highest BCUT2D eigenvalue weighted by Gasteiger charge is 2.29. The van der Waals surface area contributed by atoms with Gasteiger partial charge in [0, 0.05) is 23.9 Å². The Morgan fingerprint density at radius 3 is 2.52 bits per heavy atom. The topological polar surface area (TPSA) is 57.6 Å². The summed E-state index contributed by atoms with van der Waals surface area (Å²) in [7, 11) is 0. The number of hydrogen-bond acceptors (Lipinski definition) is 3. The summed E-state index contributed by atoms with van der Waals surface area (Å²) in [5.74, 6) is -0.528. The number of hydrogen-bond donors (Lipinski definition) is 1. The molecule has 0 radical (unpaired) electrons. The summed E-state index contributed by atoms with van der Waals surface area (Å²) in [5.41, 5.74) is 1.86. The van der Waals surface area contributed by atoms with Crippen molar-refractivity contribution in [3.8, 4) is 0 Å². The van der Waals surface area contributed by atoms with Gasteiger partial charge in [-0.3, -0.25) is 9.59 Å². The Morgan fingerprint density at radius 1 is 1.12 bits per heavy atom. The van der Waals surface area contributed by atoms with E-state index in [-0.39, 0.29) is 5.91 Å². The quantitative estimate of drug-likeness (QED) is 0.827. The number of likely N-dealkylation sites (tertiary alicyclic amines) is 1. The summed E-state index contributed by atoms with van der Waals surface area (Å²) in [6, 6.07) is 17.5. The second kappa shape index (κ2) is 7.74. The normalized spacial score (nSPS) is 18.1. The number of carboxylic acids is 1. The fourth-order valence-corrected chi connectivity index (χ4v) is 4.02. The van der Waals surface area contributed by atoms with Crippen molar-refractivity contribution >= 4 is 23.6 Å². The highest BCUT2D eigenvalue weighted by Crippen LogP contribution is 2.31. The smallest absolute Gasteiger partial charge is 0.316 e. The lowest BCUT2D eigenvalue weighted by atomic mass is 9.99. The van der Waals surface area contributed by atoms with Gasteiger partial charge in [0.1, 0.15) is 5.25 Å². The van der Waals surface area contributed by atoms with Crippen molar-refractivity contribution in [3.05, 3.63) is 65.7 Å². The van der Waals surface area contributed by atoms with E-state index in [9.17, 15) is 9.59 Å². The Morgan fingerprint density at radius 2 is 1.80 bits per heavy atom. The molecular weight excluding hydrogens is 334 g/mol.